The second-order valence-corrected chi connectivity index (χ2v) is 6.75. The average Bonchev–Trinajstić information content (AvgIpc) is 2.90. The number of halogens is 1. The molecule has 3 rings (SSSR count). The van der Waals surface area contributed by atoms with Crippen LogP contribution in [0.1, 0.15) is 6.42 Å². The van der Waals surface area contributed by atoms with Gasteiger partial charge in [0.2, 0.25) is 11.2 Å². The molecule has 2 aromatic rings. The maximum Gasteiger partial charge on any atom is 0.253 e. The summed E-state index contributed by atoms with van der Waals surface area (Å²) in [7, 11) is 1.55. The van der Waals surface area contributed by atoms with Gasteiger partial charge >= 0.3 is 0 Å². The van der Waals surface area contributed by atoms with Crippen LogP contribution in [0, 0.1) is 5.82 Å². The van der Waals surface area contributed by atoms with Crippen LogP contribution in [0.4, 0.5) is 10.1 Å². The highest BCUT2D eigenvalue weighted by atomic mass is 32.2. The lowest BCUT2D eigenvalue weighted by Gasteiger charge is -2.18. The summed E-state index contributed by atoms with van der Waals surface area (Å²) in [6.45, 7) is 0.387. The van der Waals surface area contributed by atoms with Crippen LogP contribution in [0.3, 0.4) is 0 Å². The van der Waals surface area contributed by atoms with Crippen molar-refractivity contribution < 1.29 is 33.1 Å². The largest absolute Gasteiger partial charge is 0.506 e. The van der Waals surface area contributed by atoms with Gasteiger partial charge in [-0.1, -0.05) is 0 Å². The molecule has 10 heteroatoms. The molecule has 140 valence electrons. The minimum absolute atomic E-state index is 0.0497. The van der Waals surface area contributed by atoms with Crippen molar-refractivity contribution in [2.24, 2.45) is 0 Å². The van der Waals surface area contributed by atoms with Crippen LogP contribution in [-0.2, 0) is 20.7 Å². The fourth-order valence-corrected chi connectivity index (χ4v) is 3.57. The van der Waals surface area contributed by atoms with E-state index in [1.807, 2.05) is 0 Å². The van der Waals surface area contributed by atoms with Crippen molar-refractivity contribution in [1.29, 1.82) is 0 Å². The highest BCUT2D eigenvalue weighted by Gasteiger charge is 2.32. The molecule has 0 bridgehead atoms. The Kier molecular flexibility index (Phi) is 5.14. The van der Waals surface area contributed by atoms with Crippen molar-refractivity contribution >= 4 is 33.5 Å². The van der Waals surface area contributed by atoms with E-state index in [9.17, 15) is 19.2 Å². The lowest BCUT2D eigenvalue weighted by Crippen LogP contribution is -2.23. The Morgan fingerprint density at radius 2 is 2.00 bits per heavy atom. The summed E-state index contributed by atoms with van der Waals surface area (Å²) in [5.41, 5.74) is -0.356. The van der Waals surface area contributed by atoms with Crippen LogP contribution in [0.25, 0.3) is 10.8 Å². The molecule has 2 aromatic carbocycles. The Labute approximate surface area is 150 Å². The van der Waals surface area contributed by atoms with Gasteiger partial charge in [-0.15, -0.1) is 0 Å². The van der Waals surface area contributed by atoms with E-state index < -0.39 is 28.6 Å². The SMILES string of the molecule is COCCCOc1cc2c(F)c(N3CC(=O)NS3=O)c(O)cc2cc1O. The zero-order chi connectivity index (χ0) is 18.8. The van der Waals surface area contributed by atoms with Crippen LogP contribution in [-0.4, -0.2) is 47.2 Å². The molecule has 0 aliphatic carbocycles. The first kappa shape index (κ1) is 18.2. The Morgan fingerprint density at radius 1 is 1.27 bits per heavy atom. The third-order valence-electron chi connectivity index (χ3n) is 3.80. The number of methoxy groups -OCH3 is 1. The van der Waals surface area contributed by atoms with Crippen molar-refractivity contribution in [3.8, 4) is 17.2 Å². The van der Waals surface area contributed by atoms with E-state index >= 15 is 4.39 Å². The first-order chi connectivity index (χ1) is 12.4. The molecular weight excluding hydrogens is 367 g/mol. The molecule has 1 atom stereocenters. The van der Waals surface area contributed by atoms with Crippen LogP contribution in [0.15, 0.2) is 18.2 Å². The fourth-order valence-electron chi connectivity index (χ4n) is 2.62. The molecule has 1 saturated heterocycles. The van der Waals surface area contributed by atoms with Gasteiger partial charge in [0.1, 0.15) is 18.0 Å². The molecule has 1 amide bonds. The molecule has 3 N–H and O–H groups in total. The third kappa shape index (κ3) is 3.37. The minimum atomic E-state index is -1.98. The number of aromatic hydroxyl groups is 2. The number of ether oxygens (including phenoxy) is 2. The number of nitrogens with one attached hydrogen (secondary N) is 1. The number of carbonyl (C=O) groups is 1. The summed E-state index contributed by atoms with van der Waals surface area (Å²) in [6.07, 6.45) is 0.581. The first-order valence-electron chi connectivity index (χ1n) is 7.71. The van der Waals surface area contributed by atoms with Crippen molar-refractivity contribution in [1.82, 2.24) is 4.72 Å². The van der Waals surface area contributed by atoms with Crippen molar-refractivity contribution in [3.63, 3.8) is 0 Å². The highest BCUT2D eigenvalue weighted by Crippen LogP contribution is 2.41. The summed E-state index contributed by atoms with van der Waals surface area (Å²) in [5, 5.41) is 20.4. The van der Waals surface area contributed by atoms with E-state index in [-0.39, 0.29) is 41.1 Å². The predicted molar refractivity (Wildman–Crippen MR) is 92.9 cm³/mol. The number of nitrogens with zero attached hydrogens (tertiary/aromatic N) is 1. The zero-order valence-corrected chi connectivity index (χ0v) is 14.6. The number of fused-ring (bicyclic) bond motifs is 1. The molecule has 1 fully saturated rings. The quantitative estimate of drug-likeness (QED) is 0.649. The van der Waals surface area contributed by atoms with Crippen molar-refractivity contribution in [3.05, 3.63) is 24.0 Å². The van der Waals surface area contributed by atoms with E-state index in [0.717, 1.165) is 4.31 Å². The molecule has 0 saturated carbocycles. The maximum atomic E-state index is 15.0. The molecule has 1 aliphatic heterocycles. The standard InChI is InChI=1S/C16H17FN2O6S/c1-24-3-2-4-25-13-7-10-9(5-11(13)20)6-12(21)16(15(10)17)19-8-14(22)18-26(19)23/h5-7,20-21H,2-4,8H2,1H3,(H,18,22). The molecule has 0 spiro atoms. The van der Waals surface area contributed by atoms with Gasteiger partial charge < -0.3 is 19.7 Å². The summed E-state index contributed by atoms with van der Waals surface area (Å²) in [5.74, 6) is -2.04. The van der Waals surface area contributed by atoms with Crippen LogP contribution in [0.5, 0.6) is 17.2 Å². The van der Waals surface area contributed by atoms with Gasteiger partial charge in [-0.2, -0.15) is 0 Å². The molecule has 1 aliphatic rings. The molecular formula is C16H17FN2O6S. The molecule has 1 heterocycles. The van der Waals surface area contributed by atoms with Crippen molar-refractivity contribution in [2.75, 3.05) is 31.2 Å². The Balaban J connectivity index is 2.02. The van der Waals surface area contributed by atoms with E-state index in [0.29, 0.717) is 13.0 Å². The number of benzene rings is 2. The number of phenolic OH excluding ortho intramolecular Hbond substituents is 2. The monoisotopic (exact) mass is 384 g/mol. The predicted octanol–water partition coefficient (Wildman–Crippen LogP) is 1.32. The number of hydrogen-bond acceptors (Lipinski definition) is 6. The van der Waals surface area contributed by atoms with Gasteiger partial charge in [0.25, 0.3) is 5.91 Å². The number of phenols is 2. The molecule has 1 unspecified atom stereocenters. The molecule has 0 radical (unpaired) electrons. The van der Waals surface area contributed by atoms with Gasteiger partial charge in [0, 0.05) is 25.5 Å². The summed E-state index contributed by atoms with van der Waals surface area (Å²) < 4.78 is 40.3. The second-order valence-electron chi connectivity index (χ2n) is 5.61. The third-order valence-corrected chi connectivity index (χ3v) is 4.91. The van der Waals surface area contributed by atoms with E-state index in [4.69, 9.17) is 9.47 Å². The number of rotatable bonds is 6. The van der Waals surface area contributed by atoms with Gasteiger partial charge in [-0.25, -0.2) is 8.60 Å². The van der Waals surface area contributed by atoms with Gasteiger partial charge in [0.05, 0.1) is 6.61 Å². The zero-order valence-electron chi connectivity index (χ0n) is 13.8. The van der Waals surface area contributed by atoms with Crippen LogP contribution < -0.4 is 13.8 Å². The molecule has 8 nitrogen and oxygen atoms in total. The van der Waals surface area contributed by atoms with E-state index in [1.54, 1.807) is 7.11 Å². The van der Waals surface area contributed by atoms with Gasteiger partial charge in [0.15, 0.2) is 17.3 Å². The summed E-state index contributed by atoms with van der Waals surface area (Å²) >= 11 is -1.98. The number of amides is 1. The fraction of sp³-hybridized carbons (Fsp3) is 0.312. The number of carbonyl (C=O) groups excluding carboxylic acids is 1. The Hall–Kier alpha value is -2.59. The molecule has 0 aromatic heterocycles. The maximum absolute atomic E-state index is 15.0. The van der Waals surface area contributed by atoms with Crippen molar-refractivity contribution in [2.45, 2.75) is 6.42 Å². The number of anilines is 1. The lowest BCUT2D eigenvalue weighted by atomic mass is 10.1. The van der Waals surface area contributed by atoms with Crippen LogP contribution >= 0.6 is 0 Å². The number of hydrogen-bond donors (Lipinski definition) is 3. The Morgan fingerprint density at radius 3 is 2.65 bits per heavy atom. The van der Waals surface area contributed by atoms with Crippen LogP contribution in [0.2, 0.25) is 0 Å². The van der Waals surface area contributed by atoms with Gasteiger partial charge in [-0.05, 0) is 23.6 Å². The Bertz CT molecular complexity index is 891. The summed E-state index contributed by atoms with van der Waals surface area (Å²) in [6, 6.07) is 3.78. The smallest absolute Gasteiger partial charge is 0.253 e. The average molecular weight is 384 g/mol. The highest BCUT2D eigenvalue weighted by molar-refractivity contribution is 7.85. The van der Waals surface area contributed by atoms with E-state index in [1.165, 1.54) is 18.2 Å². The second kappa shape index (κ2) is 7.34. The topological polar surface area (TPSA) is 108 Å². The summed E-state index contributed by atoms with van der Waals surface area (Å²) in [4.78, 5) is 11.4. The molecule has 26 heavy (non-hydrogen) atoms. The normalized spacial score (nSPS) is 16.9. The van der Waals surface area contributed by atoms with Gasteiger partial charge in [-0.3, -0.25) is 13.8 Å². The minimum Gasteiger partial charge on any atom is -0.506 e. The lowest BCUT2D eigenvalue weighted by molar-refractivity contribution is -0.117. The van der Waals surface area contributed by atoms with E-state index in [2.05, 4.69) is 4.72 Å². The first-order valence-corrected chi connectivity index (χ1v) is 8.82.